The van der Waals surface area contributed by atoms with Crippen LogP contribution < -0.4 is 10.6 Å². The van der Waals surface area contributed by atoms with Crippen LogP contribution in [0, 0.1) is 0 Å². The summed E-state index contributed by atoms with van der Waals surface area (Å²) in [6.45, 7) is 4.52. The zero-order valence-corrected chi connectivity index (χ0v) is 12.2. The smallest absolute Gasteiger partial charge is 0.242 e. The van der Waals surface area contributed by atoms with Crippen molar-refractivity contribution in [1.29, 1.82) is 0 Å². The Balaban J connectivity index is 2.61. The quantitative estimate of drug-likeness (QED) is 0.873. The van der Waals surface area contributed by atoms with Gasteiger partial charge in [-0.25, -0.2) is 0 Å². The normalized spacial score (nSPS) is 12.0. The minimum absolute atomic E-state index is 0.0224. The van der Waals surface area contributed by atoms with E-state index < -0.39 is 0 Å². The Morgan fingerprint density at radius 3 is 2.82 bits per heavy atom. The van der Waals surface area contributed by atoms with Gasteiger partial charge in [-0.3, -0.25) is 4.79 Å². The summed E-state index contributed by atoms with van der Waals surface area (Å²) in [5.74, 6) is -0.0224. The van der Waals surface area contributed by atoms with Gasteiger partial charge in [-0.05, 0) is 31.5 Å². The minimum Gasteiger partial charge on any atom is -0.373 e. The van der Waals surface area contributed by atoms with Gasteiger partial charge in [0.05, 0.1) is 10.7 Å². The van der Waals surface area contributed by atoms with Gasteiger partial charge < -0.3 is 10.6 Å². The molecule has 1 unspecified atom stereocenters. The Kier molecular flexibility index (Phi) is 5.78. The molecule has 0 saturated heterocycles. The number of benzene rings is 1. The van der Waals surface area contributed by atoms with E-state index in [0.717, 1.165) is 16.6 Å². The van der Waals surface area contributed by atoms with E-state index in [1.54, 1.807) is 6.07 Å². The van der Waals surface area contributed by atoms with Crippen molar-refractivity contribution in [1.82, 2.24) is 5.32 Å². The number of amides is 1. The largest absolute Gasteiger partial charge is 0.373 e. The maximum Gasteiger partial charge on any atom is 0.242 e. The number of anilines is 1. The van der Waals surface area contributed by atoms with Crippen LogP contribution in [0.25, 0.3) is 0 Å². The number of rotatable bonds is 5. The van der Waals surface area contributed by atoms with Crippen molar-refractivity contribution in [3.8, 4) is 0 Å². The van der Waals surface area contributed by atoms with Gasteiger partial charge in [-0.1, -0.05) is 34.5 Å². The lowest BCUT2D eigenvalue weighted by Gasteiger charge is -2.16. The van der Waals surface area contributed by atoms with Crippen LogP contribution in [0.3, 0.4) is 0 Å². The average molecular weight is 320 g/mol. The zero-order valence-electron chi connectivity index (χ0n) is 9.89. The highest BCUT2D eigenvalue weighted by molar-refractivity contribution is 9.10. The summed E-state index contributed by atoms with van der Waals surface area (Å²) in [4.78, 5) is 11.7. The highest BCUT2D eigenvalue weighted by atomic mass is 79.9. The van der Waals surface area contributed by atoms with Gasteiger partial charge in [0.2, 0.25) is 5.91 Å². The van der Waals surface area contributed by atoms with Crippen LogP contribution in [-0.4, -0.2) is 18.5 Å². The SMILES string of the molecule is CCCNC(=O)C(C)Nc1ccc(Br)cc1Cl. The Hall–Kier alpha value is -0.740. The van der Waals surface area contributed by atoms with Crippen molar-refractivity contribution in [2.45, 2.75) is 26.3 Å². The predicted molar refractivity (Wildman–Crippen MR) is 75.5 cm³/mol. The summed E-state index contributed by atoms with van der Waals surface area (Å²) in [5, 5.41) is 6.50. The maximum atomic E-state index is 11.7. The summed E-state index contributed by atoms with van der Waals surface area (Å²) < 4.78 is 0.913. The summed E-state index contributed by atoms with van der Waals surface area (Å²) >= 11 is 9.39. The molecule has 94 valence electrons. The predicted octanol–water partition coefficient (Wildman–Crippen LogP) is 3.43. The molecule has 5 heteroatoms. The Labute approximate surface area is 115 Å². The van der Waals surface area contributed by atoms with Crippen molar-refractivity contribution >= 4 is 39.1 Å². The van der Waals surface area contributed by atoms with Gasteiger partial charge in [0.1, 0.15) is 6.04 Å². The monoisotopic (exact) mass is 318 g/mol. The van der Waals surface area contributed by atoms with E-state index in [1.807, 2.05) is 26.0 Å². The molecular weight excluding hydrogens is 304 g/mol. The highest BCUT2D eigenvalue weighted by Gasteiger charge is 2.12. The third-order valence-corrected chi connectivity index (χ3v) is 3.05. The van der Waals surface area contributed by atoms with Gasteiger partial charge >= 0.3 is 0 Å². The van der Waals surface area contributed by atoms with Crippen molar-refractivity contribution in [2.24, 2.45) is 0 Å². The third-order valence-electron chi connectivity index (χ3n) is 2.25. The number of halogens is 2. The zero-order chi connectivity index (χ0) is 12.8. The van der Waals surface area contributed by atoms with Crippen LogP contribution >= 0.6 is 27.5 Å². The summed E-state index contributed by atoms with van der Waals surface area (Å²) in [7, 11) is 0. The van der Waals surface area contributed by atoms with E-state index in [1.165, 1.54) is 0 Å². The molecule has 2 N–H and O–H groups in total. The molecule has 1 aromatic rings. The number of carbonyl (C=O) groups excluding carboxylic acids is 1. The lowest BCUT2D eigenvalue weighted by atomic mass is 10.2. The molecule has 1 atom stereocenters. The topological polar surface area (TPSA) is 41.1 Å². The molecule has 3 nitrogen and oxygen atoms in total. The van der Waals surface area contributed by atoms with E-state index in [-0.39, 0.29) is 11.9 Å². The number of hydrogen-bond acceptors (Lipinski definition) is 2. The lowest BCUT2D eigenvalue weighted by molar-refractivity contribution is -0.121. The second-order valence-corrected chi connectivity index (χ2v) is 5.10. The fourth-order valence-electron chi connectivity index (χ4n) is 1.31. The van der Waals surface area contributed by atoms with Crippen LogP contribution in [0.5, 0.6) is 0 Å². The average Bonchev–Trinajstić information content (AvgIpc) is 2.29. The molecule has 1 aromatic carbocycles. The molecule has 0 spiro atoms. The summed E-state index contributed by atoms with van der Waals surface area (Å²) in [6.07, 6.45) is 0.928. The molecule has 0 heterocycles. The van der Waals surface area contributed by atoms with Crippen molar-refractivity contribution in [3.63, 3.8) is 0 Å². The van der Waals surface area contributed by atoms with Gasteiger partial charge in [0.15, 0.2) is 0 Å². The molecule has 1 amide bonds. The Morgan fingerprint density at radius 2 is 2.24 bits per heavy atom. The number of hydrogen-bond donors (Lipinski definition) is 2. The number of carbonyl (C=O) groups is 1. The third kappa shape index (κ3) is 4.56. The van der Waals surface area contributed by atoms with Crippen molar-refractivity contribution in [2.75, 3.05) is 11.9 Å². The van der Waals surface area contributed by atoms with Crippen LogP contribution in [-0.2, 0) is 4.79 Å². The molecule has 0 aliphatic rings. The first-order chi connectivity index (χ1) is 8.04. The second-order valence-electron chi connectivity index (χ2n) is 3.78. The first-order valence-electron chi connectivity index (χ1n) is 5.54. The van der Waals surface area contributed by atoms with Crippen LogP contribution in [0.1, 0.15) is 20.3 Å². The Morgan fingerprint density at radius 1 is 1.53 bits per heavy atom. The molecule has 0 saturated carbocycles. The molecule has 1 rings (SSSR count). The van der Waals surface area contributed by atoms with E-state index in [9.17, 15) is 4.79 Å². The van der Waals surface area contributed by atoms with E-state index in [2.05, 4.69) is 26.6 Å². The first-order valence-corrected chi connectivity index (χ1v) is 6.71. The maximum absolute atomic E-state index is 11.7. The van der Waals surface area contributed by atoms with Crippen molar-refractivity contribution < 1.29 is 4.79 Å². The summed E-state index contributed by atoms with van der Waals surface area (Å²) in [6, 6.07) is 5.21. The lowest BCUT2D eigenvalue weighted by Crippen LogP contribution is -2.37. The van der Waals surface area contributed by atoms with E-state index in [0.29, 0.717) is 11.6 Å². The molecule has 0 fully saturated rings. The van der Waals surface area contributed by atoms with Crippen LogP contribution in [0.4, 0.5) is 5.69 Å². The molecule has 0 bridgehead atoms. The first kappa shape index (κ1) is 14.3. The van der Waals surface area contributed by atoms with Crippen molar-refractivity contribution in [3.05, 3.63) is 27.7 Å². The van der Waals surface area contributed by atoms with Crippen LogP contribution in [0.15, 0.2) is 22.7 Å². The number of nitrogens with one attached hydrogen (secondary N) is 2. The van der Waals surface area contributed by atoms with E-state index >= 15 is 0 Å². The molecule has 0 aliphatic carbocycles. The standard InChI is InChI=1S/C12H16BrClN2O/c1-3-6-15-12(17)8(2)16-11-5-4-9(13)7-10(11)14/h4-5,7-8,16H,3,6H2,1-2H3,(H,15,17). The molecule has 0 aromatic heterocycles. The van der Waals surface area contributed by atoms with Crippen LogP contribution in [0.2, 0.25) is 5.02 Å². The molecule has 0 aliphatic heterocycles. The molecular formula is C12H16BrClN2O. The van der Waals surface area contributed by atoms with Gasteiger partial charge in [-0.2, -0.15) is 0 Å². The fraction of sp³-hybridized carbons (Fsp3) is 0.417. The highest BCUT2D eigenvalue weighted by Crippen LogP contribution is 2.26. The molecule has 17 heavy (non-hydrogen) atoms. The Bertz CT molecular complexity index is 398. The second kappa shape index (κ2) is 6.87. The van der Waals surface area contributed by atoms with Gasteiger partial charge in [0.25, 0.3) is 0 Å². The van der Waals surface area contributed by atoms with E-state index in [4.69, 9.17) is 11.6 Å². The molecule has 0 radical (unpaired) electrons. The fourth-order valence-corrected chi connectivity index (χ4v) is 2.03. The van der Waals surface area contributed by atoms with Gasteiger partial charge in [0, 0.05) is 11.0 Å². The summed E-state index contributed by atoms with van der Waals surface area (Å²) in [5.41, 5.74) is 0.758. The minimum atomic E-state index is -0.305. The van der Waals surface area contributed by atoms with Gasteiger partial charge in [-0.15, -0.1) is 0 Å².